The van der Waals surface area contributed by atoms with Gasteiger partial charge in [0.15, 0.2) is 0 Å². The Labute approximate surface area is 144 Å². The molecule has 132 valence electrons. The molecule has 0 spiro atoms. The number of rotatable bonds is 15. The van der Waals surface area contributed by atoms with E-state index in [-0.39, 0.29) is 0 Å². The lowest BCUT2D eigenvalue weighted by atomic mass is 10.1. The molecule has 23 heavy (non-hydrogen) atoms. The standard InChI is InChI=1S/C21H37NO/c1-3-5-7-9-10-11-17-22-19-20-13-15-21(16-14-20)23-18-12-8-6-4-2/h13-16,22H,3-12,17-19H2,1-2H3. The Bertz CT molecular complexity index is 361. The first kappa shape index (κ1) is 20.0. The molecule has 0 aliphatic carbocycles. The van der Waals surface area contributed by atoms with Crippen LogP contribution in [0.2, 0.25) is 0 Å². The van der Waals surface area contributed by atoms with E-state index in [4.69, 9.17) is 4.74 Å². The highest BCUT2D eigenvalue weighted by molar-refractivity contribution is 5.27. The topological polar surface area (TPSA) is 21.3 Å². The van der Waals surface area contributed by atoms with Crippen molar-refractivity contribution in [1.82, 2.24) is 5.32 Å². The van der Waals surface area contributed by atoms with E-state index in [0.29, 0.717) is 0 Å². The van der Waals surface area contributed by atoms with E-state index in [0.717, 1.165) is 31.9 Å². The van der Waals surface area contributed by atoms with Crippen LogP contribution in [0.1, 0.15) is 83.6 Å². The molecular formula is C21H37NO. The van der Waals surface area contributed by atoms with Crippen LogP contribution < -0.4 is 10.1 Å². The molecule has 1 rings (SSSR count). The van der Waals surface area contributed by atoms with Gasteiger partial charge in [0.25, 0.3) is 0 Å². The molecule has 1 aromatic rings. The summed E-state index contributed by atoms with van der Waals surface area (Å²) in [5.74, 6) is 1.00. The van der Waals surface area contributed by atoms with Crippen LogP contribution in [-0.2, 0) is 6.54 Å². The van der Waals surface area contributed by atoms with Gasteiger partial charge >= 0.3 is 0 Å². The molecule has 0 saturated carbocycles. The van der Waals surface area contributed by atoms with Crippen molar-refractivity contribution in [1.29, 1.82) is 0 Å². The lowest BCUT2D eigenvalue weighted by molar-refractivity contribution is 0.305. The maximum Gasteiger partial charge on any atom is 0.119 e. The quantitative estimate of drug-likeness (QED) is 0.395. The van der Waals surface area contributed by atoms with Crippen molar-refractivity contribution in [2.75, 3.05) is 13.2 Å². The zero-order valence-electron chi connectivity index (χ0n) is 15.4. The smallest absolute Gasteiger partial charge is 0.119 e. The molecule has 0 radical (unpaired) electrons. The Morgan fingerprint density at radius 3 is 2.04 bits per heavy atom. The van der Waals surface area contributed by atoms with Crippen LogP contribution in [0.15, 0.2) is 24.3 Å². The second-order valence-electron chi connectivity index (χ2n) is 6.50. The average Bonchev–Trinajstić information content (AvgIpc) is 2.58. The lowest BCUT2D eigenvalue weighted by Crippen LogP contribution is -2.14. The van der Waals surface area contributed by atoms with E-state index in [9.17, 15) is 0 Å². The Hall–Kier alpha value is -1.02. The monoisotopic (exact) mass is 319 g/mol. The largest absolute Gasteiger partial charge is 0.494 e. The van der Waals surface area contributed by atoms with E-state index < -0.39 is 0 Å². The molecular weight excluding hydrogens is 282 g/mol. The Kier molecular flexibility index (Phi) is 12.7. The Morgan fingerprint density at radius 1 is 0.739 bits per heavy atom. The first-order valence-electron chi connectivity index (χ1n) is 9.79. The molecule has 0 fully saturated rings. The van der Waals surface area contributed by atoms with Gasteiger partial charge < -0.3 is 10.1 Å². The van der Waals surface area contributed by atoms with Gasteiger partial charge in [0.2, 0.25) is 0 Å². The Morgan fingerprint density at radius 2 is 1.35 bits per heavy atom. The third kappa shape index (κ3) is 11.2. The third-order valence-electron chi connectivity index (χ3n) is 4.23. The van der Waals surface area contributed by atoms with Crippen molar-refractivity contribution < 1.29 is 4.74 Å². The summed E-state index contributed by atoms with van der Waals surface area (Å²) in [6, 6.07) is 8.55. The van der Waals surface area contributed by atoms with Crippen LogP contribution in [0.5, 0.6) is 5.75 Å². The SMILES string of the molecule is CCCCCCCCNCc1ccc(OCCCCCC)cc1. The van der Waals surface area contributed by atoms with Crippen molar-refractivity contribution >= 4 is 0 Å². The number of hydrogen-bond acceptors (Lipinski definition) is 2. The number of unbranched alkanes of at least 4 members (excludes halogenated alkanes) is 8. The van der Waals surface area contributed by atoms with E-state index in [1.165, 1.54) is 63.4 Å². The second kappa shape index (κ2) is 14.6. The van der Waals surface area contributed by atoms with Gasteiger partial charge in [-0.05, 0) is 37.1 Å². The highest BCUT2D eigenvalue weighted by Crippen LogP contribution is 2.13. The molecule has 0 bridgehead atoms. The van der Waals surface area contributed by atoms with Crippen molar-refractivity contribution in [3.63, 3.8) is 0 Å². The zero-order chi connectivity index (χ0) is 16.6. The number of ether oxygens (including phenoxy) is 1. The van der Waals surface area contributed by atoms with E-state index in [1.807, 2.05) is 0 Å². The molecule has 0 aromatic heterocycles. The minimum atomic E-state index is 0.843. The minimum absolute atomic E-state index is 0.843. The van der Waals surface area contributed by atoms with E-state index in [1.54, 1.807) is 0 Å². The fraction of sp³-hybridized carbons (Fsp3) is 0.714. The van der Waals surface area contributed by atoms with Crippen LogP contribution in [0, 0.1) is 0 Å². The summed E-state index contributed by atoms with van der Waals surface area (Å²) in [4.78, 5) is 0. The second-order valence-corrected chi connectivity index (χ2v) is 6.50. The molecule has 1 N–H and O–H groups in total. The summed E-state index contributed by atoms with van der Waals surface area (Å²) in [7, 11) is 0. The molecule has 0 unspecified atom stereocenters. The first-order valence-corrected chi connectivity index (χ1v) is 9.79. The zero-order valence-corrected chi connectivity index (χ0v) is 15.4. The molecule has 0 heterocycles. The molecule has 2 nitrogen and oxygen atoms in total. The molecule has 0 aliphatic heterocycles. The van der Waals surface area contributed by atoms with Gasteiger partial charge in [-0.3, -0.25) is 0 Å². The van der Waals surface area contributed by atoms with Crippen LogP contribution in [-0.4, -0.2) is 13.2 Å². The molecule has 0 atom stereocenters. The summed E-state index contributed by atoms with van der Waals surface area (Å²) >= 11 is 0. The number of benzene rings is 1. The van der Waals surface area contributed by atoms with E-state index >= 15 is 0 Å². The number of nitrogens with one attached hydrogen (secondary N) is 1. The highest BCUT2D eigenvalue weighted by atomic mass is 16.5. The van der Waals surface area contributed by atoms with Gasteiger partial charge in [-0.25, -0.2) is 0 Å². The highest BCUT2D eigenvalue weighted by Gasteiger charge is 1.97. The fourth-order valence-corrected chi connectivity index (χ4v) is 2.69. The summed E-state index contributed by atoms with van der Waals surface area (Å²) in [5.41, 5.74) is 1.34. The first-order chi connectivity index (χ1) is 11.4. The Balaban J connectivity index is 2.03. The third-order valence-corrected chi connectivity index (χ3v) is 4.23. The maximum absolute atomic E-state index is 5.78. The van der Waals surface area contributed by atoms with Crippen molar-refractivity contribution in [2.45, 2.75) is 84.6 Å². The maximum atomic E-state index is 5.78. The molecule has 1 aromatic carbocycles. The summed E-state index contributed by atoms with van der Waals surface area (Å²) in [6.45, 7) is 7.44. The molecule has 0 amide bonds. The van der Waals surface area contributed by atoms with Gasteiger partial charge in [0.1, 0.15) is 5.75 Å². The predicted molar refractivity (Wildman–Crippen MR) is 101 cm³/mol. The van der Waals surface area contributed by atoms with Gasteiger partial charge in [0.05, 0.1) is 6.61 Å². The van der Waals surface area contributed by atoms with Crippen LogP contribution in [0.25, 0.3) is 0 Å². The molecule has 0 aliphatic rings. The fourth-order valence-electron chi connectivity index (χ4n) is 2.69. The van der Waals surface area contributed by atoms with Gasteiger partial charge in [-0.1, -0.05) is 77.3 Å². The van der Waals surface area contributed by atoms with Crippen molar-refractivity contribution in [3.8, 4) is 5.75 Å². The lowest BCUT2D eigenvalue weighted by Gasteiger charge is -2.08. The average molecular weight is 320 g/mol. The van der Waals surface area contributed by atoms with Gasteiger partial charge in [-0.15, -0.1) is 0 Å². The normalized spacial score (nSPS) is 10.9. The summed E-state index contributed by atoms with van der Waals surface area (Å²) < 4.78 is 5.78. The van der Waals surface area contributed by atoms with Crippen LogP contribution >= 0.6 is 0 Å². The molecule has 2 heteroatoms. The van der Waals surface area contributed by atoms with Crippen molar-refractivity contribution in [3.05, 3.63) is 29.8 Å². The van der Waals surface area contributed by atoms with Crippen LogP contribution in [0.4, 0.5) is 0 Å². The molecule has 0 saturated heterocycles. The van der Waals surface area contributed by atoms with Crippen LogP contribution in [0.3, 0.4) is 0 Å². The van der Waals surface area contributed by atoms with E-state index in [2.05, 4.69) is 43.4 Å². The van der Waals surface area contributed by atoms with Gasteiger partial charge in [0, 0.05) is 6.54 Å². The summed E-state index contributed by atoms with van der Waals surface area (Å²) in [6.07, 6.45) is 13.2. The predicted octanol–water partition coefficient (Wildman–Crippen LogP) is 6.10. The van der Waals surface area contributed by atoms with Crippen molar-refractivity contribution in [2.24, 2.45) is 0 Å². The number of hydrogen-bond donors (Lipinski definition) is 1. The van der Waals surface area contributed by atoms with Gasteiger partial charge in [-0.2, -0.15) is 0 Å². The minimum Gasteiger partial charge on any atom is -0.494 e. The summed E-state index contributed by atoms with van der Waals surface area (Å²) in [5, 5.41) is 3.54.